The molecule has 0 fully saturated rings. The first-order valence-electron chi connectivity index (χ1n) is 15.7. The lowest BCUT2D eigenvalue weighted by Gasteiger charge is -2.15. The van der Waals surface area contributed by atoms with Gasteiger partial charge in [0, 0.05) is 35.4 Å². The number of alkyl halides is 9. The molecule has 1 aromatic heterocycles. The van der Waals surface area contributed by atoms with Crippen LogP contribution in [0.15, 0.2) is 121 Å². The highest BCUT2D eigenvalue weighted by Gasteiger charge is 2.37. The van der Waals surface area contributed by atoms with Crippen LogP contribution in [0.1, 0.15) is 16.7 Å². The third kappa shape index (κ3) is 8.69. The minimum atomic E-state index is -4.98. The Balaban J connectivity index is 1.35. The van der Waals surface area contributed by atoms with Crippen molar-refractivity contribution in [3.8, 4) is 56.6 Å². The number of aromatic nitrogens is 1. The van der Waals surface area contributed by atoms with Crippen LogP contribution < -0.4 is 9.47 Å². The maximum atomic E-state index is 13.7. The van der Waals surface area contributed by atoms with Crippen LogP contribution in [0.3, 0.4) is 0 Å². The number of nitrogens with zero attached hydrogens (tertiary/aromatic N) is 3. The topological polar surface area (TPSA) is 118 Å². The van der Waals surface area contributed by atoms with Gasteiger partial charge in [-0.25, -0.2) is 4.98 Å². The van der Waals surface area contributed by atoms with Crippen LogP contribution in [0.2, 0.25) is 0 Å². The van der Waals surface area contributed by atoms with E-state index in [2.05, 4.69) is 4.98 Å². The summed E-state index contributed by atoms with van der Waals surface area (Å²) in [5.74, 6) is -1.55. The molecular weight excluding hydrogens is 765 g/mol. The first-order chi connectivity index (χ1) is 26.3. The number of hydrogen-bond acceptors (Lipinski definition) is 7. The maximum absolute atomic E-state index is 13.7. The molecule has 0 radical (unpaired) electrons. The quantitative estimate of drug-likeness (QED) is 0.0813. The molecule has 0 unspecified atom stereocenters. The van der Waals surface area contributed by atoms with E-state index >= 15 is 0 Å². The summed E-state index contributed by atoms with van der Waals surface area (Å²) in [6, 6.07) is 22.4. The fourth-order valence-corrected chi connectivity index (χ4v) is 5.37. The van der Waals surface area contributed by atoms with Crippen LogP contribution in [0, 0.1) is 20.2 Å². The van der Waals surface area contributed by atoms with E-state index in [-0.39, 0.29) is 22.9 Å². The standard InChI is InChI=1S/C38H20F9N3O6/c39-36(40,41)25-7-1-21(2-8-25)24-17-32(22-3-11-28(12-4-22)55-34-15-9-26(49(51)52)19-30(34)37(42,43)44)48-33(18-24)23-5-13-29(14-6-23)56-35-16-10-27(50(53)54)20-31(35)38(45,46)47/h1-20H. The Bertz CT molecular complexity index is 2290. The Morgan fingerprint density at radius 1 is 0.446 bits per heavy atom. The molecule has 286 valence electrons. The van der Waals surface area contributed by atoms with Gasteiger partial charge >= 0.3 is 18.5 Å². The van der Waals surface area contributed by atoms with Gasteiger partial charge in [0.25, 0.3) is 11.4 Å². The van der Waals surface area contributed by atoms with Crippen LogP contribution >= 0.6 is 0 Å². The summed E-state index contributed by atoms with van der Waals surface area (Å²) in [7, 11) is 0. The van der Waals surface area contributed by atoms with Crippen LogP contribution in [-0.2, 0) is 18.5 Å². The average molecular weight is 786 g/mol. The van der Waals surface area contributed by atoms with E-state index in [0.29, 0.717) is 34.4 Å². The van der Waals surface area contributed by atoms with Crippen LogP contribution in [-0.4, -0.2) is 14.8 Å². The summed E-state index contributed by atoms with van der Waals surface area (Å²) < 4.78 is 133. The summed E-state index contributed by atoms with van der Waals surface area (Å²) in [5, 5.41) is 22.1. The number of pyridine rings is 1. The highest BCUT2D eigenvalue weighted by molar-refractivity contribution is 5.77. The van der Waals surface area contributed by atoms with Gasteiger partial charge < -0.3 is 9.47 Å². The Morgan fingerprint density at radius 3 is 1.16 bits per heavy atom. The molecule has 9 nitrogen and oxygen atoms in total. The molecule has 6 rings (SSSR count). The van der Waals surface area contributed by atoms with Crippen molar-refractivity contribution in [2.45, 2.75) is 18.5 Å². The lowest BCUT2D eigenvalue weighted by Crippen LogP contribution is -2.08. The SMILES string of the molecule is O=[N+]([O-])c1ccc(Oc2ccc(-c3cc(-c4ccc(C(F)(F)F)cc4)cc(-c4ccc(Oc5ccc([N+](=O)[O-])cc5C(F)(F)F)cc4)n3)cc2)c(C(F)(F)F)c1. The largest absolute Gasteiger partial charge is 0.457 e. The Kier molecular flexibility index (Phi) is 10.2. The van der Waals surface area contributed by atoms with E-state index in [1.807, 2.05) is 0 Å². The summed E-state index contributed by atoms with van der Waals surface area (Å²) in [6.45, 7) is 0. The Labute approximate surface area is 308 Å². The Morgan fingerprint density at radius 2 is 0.821 bits per heavy atom. The summed E-state index contributed by atoms with van der Waals surface area (Å²) in [6.07, 6.45) is -14.6. The van der Waals surface area contributed by atoms with Crippen molar-refractivity contribution in [2.24, 2.45) is 0 Å². The van der Waals surface area contributed by atoms with Crippen molar-refractivity contribution >= 4 is 11.4 Å². The first kappa shape index (κ1) is 38.7. The molecule has 0 aliphatic heterocycles. The van der Waals surface area contributed by atoms with Crippen molar-refractivity contribution in [3.05, 3.63) is 158 Å². The summed E-state index contributed by atoms with van der Waals surface area (Å²) >= 11 is 0. The van der Waals surface area contributed by atoms with E-state index in [1.54, 1.807) is 12.1 Å². The van der Waals surface area contributed by atoms with Gasteiger partial charge in [-0.05, 0) is 96.1 Å². The van der Waals surface area contributed by atoms with Crippen molar-refractivity contribution in [3.63, 3.8) is 0 Å². The van der Waals surface area contributed by atoms with Crippen LogP contribution in [0.5, 0.6) is 23.0 Å². The molecule has 0 atom stereocenters. The second-order valence-corrected chi connectivity index (χ2v) is 11.8. The number of rotatable bonds is 9. The summed E-state index contributed by atoms with van der Waals surface area (Å²) in [5.41, 5.74) is -3.26. The lowest BCUT2D eigenvalue weighted by atomic mass is 9.99. The van der Waals surface area contributed by atoms with Gasteiger partial charge in [-0.15, -0.1) is 0 Å². The predicted molar refractivity (Wildman–Crippen MR) is 182 cm³/mol. The zero-order chi connectivity index (χ0) is 40.6. The van der Waals surface area contributed by atoms with E-state index in [0.717, 1.165) is 36.4 Å². The lowest BCUT2D eigenvalue weighted by molar-refractivity contribution is -0.385. The molecule has 6 aromatic rings. The van der Waals surface area contributed by atoms with Gasteiger partial charge in [-0.3, -0.25) is 20.2 Å². The Hall–Kier alpha value is -6.98. The number of ether oxygens (including phenoxy) is 2. The number of nitro benzene ring substituents is 2. The number of hydrogen-bond donors (Lipinski definition) is 0. The zero-order valence-corrected chi connectivity index (χ0v) is 27.7. The molecule has 5 aromatic carbocycles. The molecule has 56 heavy (non-hydrogen) atoms. The minimum Gasteiger partial charge on any atom is -0.457 e. The highest BCUT2D eigenvalue weighted by atomic mass is 19.4. The molecule has 0 spiro atoms. The zero-order valence-electron chi connectivity index (χ0n) is 27.7. The molecule has 0 N–H and O–H groups in total. The normalized spacial score (nSPS) is 11.9. The highest BCUT2D eigenvalue weighted by Crippen LogP contribution is 2.42. The fraction of sp³-hybridized carbons (Fsp3) is 0.0789. The second kappa shape index (κ2) is 14.7. The van der Waals surface area contributed by atoms with E-state index in [1.165, 1.54) is 60.7 Å². The van der Waals surface area contributed by atoms with Crippen molar-refractivity contribution in [1.82, 2.24) is 4.98 Å². The maximum Gasteiger partial charge on any atom is 0.420 e. The number of benzene rings is 5. The van der Waals surface area contributed by atoms with Crippen LogP contribution in [0.25, 0.3) is 33.6 Å². The fourth-order valence-electron chi connectivity index (χ4n) is 5.37. The monoisotopic (exact) mass is 785 g/mol. The number of nitro groups is 2. The molecule has 0 bridgehead atoms. The van der Waals surface area contributed by atoms with Crippen molar-refractivity contribution in [1.29, 1.82) is 0 Å². The van der Waals surface area contributed by atoms with Crippen LogP contribution in [0.4, 0.5) is 50.9 Å². The van der Waals surface area contributed by atoms with Gasteiger partial charge in [0.1, 0.15) is 34.1 Å². The molecule has 0 aliphatic carbocycles. The average Bonchev–Trinajstić information content (AvgIpc) is 3.14. The molecule has 0 saturated carbocycles. The van der Waals surface area contributed by atoms with Gasteiger partial charge in [0.05, 0.1) is 26.8 Å². The third-order valence-corrected chi connectivity index (χ3v) is 8.09. The van der Waals surface area contributed by atoms with E-state index < -0.39 is 67.9 Å². The third-order valence-electron chi connectivity index (χ3n) is 8.09. The van der Waals surface area contributed by atoms with Gasteiger partial charge in [0.2, 0.25) is 0 Å². The number of halogens is 9. The van der Waals surface area contributed by atoms with Gasteiger partial charge in [0.15, 0.2) is 0 Å². The van der Waals surface area contributed by atoms with Gasteiger partial charge in [-0.2, -0.15) is 39.5 Å². The second-order valence-electron chi connectivity index (χ2n) is 11.8. The van der Waals surface area contributed by atoms with Crippen molar-refractivity contribution < 1.29 is 58.8 Å². The first-order valence-corrected chi connectivity index (χ1v) is 15.7. The number of non-ortho nitro benzene ring substituents is 2. The van der Waals surface area contributed by atoms with Gasteiger partial charge in [-0.1, -0.05) is 12.1 Å². The minimum absolute atomic E-state index is 0.0792. The molecule has 18 heteroatoms. The molecular formula is C38H20F9N3O6. The molecule has 0 aliphatic rings. The van der Waals surface area contributed by atoms with E-state index in [4.69, 9.17) is 9.47 Å². The molecule has 0 amide bonds. The summed E-state index contributed by atoms with van der Waals surface area (Å²) in [4.78, 5) is 24.8. The molecule has 1 heterocycles. The predicted octanol–water partition coefficient (Wildman–Crippen LogP) is 12.5. The molecule has 0 saturated heterocycles. The van der Waals surface area contributed by atoms with E-state index in [9.17, 15) is 59.7 Å². The van der Waals surface area contributed by atoms with Crippen molar-refractivity contribution in [2.75, 3.05) is 0 Å². The smallest absolute Gasteiger partial charge is 0.420 e.